The van der Waals surface area contributed by atoms with Crippen LogP contribution in [0, 0.1) is 0 Å². The molecule has 2 aromatic carbocycles. The van der Waals surface area contributed by atoms with Gasteiger partial charge in [-0.15, -0.1) is 0 Å². The first-order valence-electron chi connectivity index (χ1n) is 4.90. The zero-order valence-electron chi connectivity index (χ0n) is 8.56. The summed E-state index contributed by atoms with van der Waals surface area (Å²) < 4.78 is 5.64. The van der Waals surface area contributed by atoms with E-state index in [0.29, 0.717) is 5.33 Å². The molecular formula is C13H11BrO2. The molecule has 2 nitrogen and oxygen atoms in total. The monoisotopic (exact) mass is 278 g/mol. The lowest BCUT2D eigenvalue weighted by Gasteiger charge is -2.07. The smallest absolute Gasteiger partial charge is 0.128 e. The van der Waals surface area contributed by atoms with E-state index in [1.807, 2.05) is 36.4 Å². The molecule has 0 radical (unpaired) electrons. The molecule has 0 saturated carbocycles. The van der Waals surface area contributed by atoms with Gasteiger partial charge in [-0.2, -0.15) is 0 Å². The standard InChI is InChI=1S/C13H11BrO2/c14-9-10-8-12(6-7-13(10)15)16-11-4-2-1-3-5-11/h1-8,15H,9H2. The Hall–Kier alpha value is -1.48. The van der Waals surface area contributed by atoms with Crippen molar-refractivity contribution in [3.8, 4) is 17.2 Å². The van der Waals surface area contributed by atoms with Crippen LogP contribution in [0.2, 0.25) is 0 Å². The molecule has 0 amide bonds. The second kappa shape index (κ2) is 5.03. The highest BCUT2D eigenvalue weighted by atomic mass is 79.9. The Morgan fingerprint density at radius 2 is 1.75 bits per heavy atom. The Bertz CT molecular complexity index is 469. The van der Waals surface area contributed by atoms with Gasteiger partial charge in [-0.05, 0) is 30.3 Å². The van der Waals surface area contributed by atoms with Gasteiger partial charge in [0.2, 0.25) is 0 Å². The van der Waals surface area contributed by atoms with E-state index in [0.717, 1.165) is 17.1 Å². The molecule has 3 heteroatoms. The zero-order chi connectivity index (χ0) is 11.4. The van der Waals surface area contributed by atoms with Crippen LogP contribution in [0.25, 0.3) is 0 Å². The van der Waals surface area contributed by atoms with Crippen molar-refractivity contribution < 1.29 is 9.84 Å². The summed E-state index contributed by atoms with van der Waals surface area (Å²) in [7, 11) is 0. The zero-order valence-corrected chi connectivity index (χ0v) is 10.1. The van der Waals surface area contributed by atoms with Crippen molar-refractivity contribution in [2.24, 2.45) is 0 Å². The minimum atomic E-state index is 0.275. The number of benzene rings is 2. The van der Waals surface area contributed by atoms with Crippen molar-refractivity contribution in [2.75, 3.05) is 0 Å². The second-order valence-electron chi connectivity index (χ2n) is 3.34. The highest BCUT2D eigenvalue weighted by Gasteiger charge is 2.02. The van der Waals surface area contributed by atoms with E-state index < -0.39 is 0 Å². The van der Waals surface area contributed by atoms with Gasteiger partial charge in [0.1, 0.15) is 17.2 Å². The van der Waals surface area contributed by atoms with Crippen LogP contribution < -0.4 is 4.74 Å². The third-order valence-corrected chi connectivity index (χ3v) is 2.78. The fourth-order valence-electron chi connectivity index (χ4n) is 1.36. The minimum absolute atomic E-state index is 0.275. The van der Waals surface area contributed by atoms with Gasteiger partial charge in [0.15, 0.2) is 0 Å². The van der Waals surface area contributed by atoms with Crippen LogP contribution in [-0.4, -0.2) is 5.11 Å². The summed E-state index contributed by atoms with van der Waals surface area (Å²) >= 11 is 3.31. The molecule has 16 heavy (non-hydrogen) atoms. The van der Waals surface area contributed by atoms with Crippen LogP contribution in [0.15, 0.2) is 48.5 Å². The van der Waals surface area contributed by atoms with Crippen molar-refractivity contribution in [2.45, 2.75) is 5.33 Å². The molecule has 1 N–H and O–H groups in total. The molecule has 82 valence electrons. The Morgan fingerprint density at radius 1 is 1.00 bits per heavy atom. The van der Waals surface area contributed by atoms with E-state index in [1.165, 1.54) is 0 Å². The highest BCUT2D eigenvalue weighted by Crippen LogP contribution is 2.28. The van der Waals surface area contributed by atoms with Crippen molar-refractivity contribution in [3.05, 3.63) is 54.1 Å². The highest BCUT2D eigenvalue weighted by molar-refractivity contribution is 9.08. The number of aromatic hydroxyl groups is 1. The summed E-state index contributed by atoms with van der Waals surface area (Å²) in [5, 5.41) is 10.1. The van der Waals surface area contributed by atoms with Crippen LogP contribution in [0.1, 0.15) is 5.56 Å². The normalized spacial score (nSPS) is 10.1. The number of phenols is 1. The van der Waals surface area contributed by atoms with Crippen LogP contribution in [-0.2, 0) is 5.33 Å². The summed E-state index contributed by atoms with van der Waals surface area (Å²) in [5.41, 5.74) is 0.813. The van der Waals surface area contributed by atoms with Crippen LogP contribution in [0.4, 0.5) is 0 Å². The molecule has 0 aliphatic carbocycles. The van der Waals surface area contributed by atoms with Crippen molar-refractivity contribution in [3.63, 3.8) is 0 Å². The quantitative estimate of drug-likeness (QED) is 0.858. The minimum Gasteiger partial charge on any atom is -0.508 e. The van der Waals surface area contributed by atoms with Crippen LogP contribution >= 0.6 is 15.9 Å². The molecule has 2 aromatic rings. The van der Waals surface area contributed by atoms with Gasteiger partial charge in [-0.3, -0.25) is 0 Å². The summed E-state index contributed by atoms with van der Waals surface area (Å²) in [6.45, 7) is 0. The largest absolute Gasteiger partial charge is 0.508 e. The van der Waals surface area contributed by atoms with Crippen LogP contribution in [0.3, 0.4) is 0 Å². The van der Waals surface area contributed by atoms with E-state index in [1.54, 1.807) is 12.1 Å². The van der Waals surface area contributed by atoms with E-state index in [2.05, 4.69) is 15.9 Å². The Kier molecular flexibility index (Phi) is 3.47. The molecular weight excluding hydrogens is 268 g/mol. The van der Waals surface area contributed by atoms with Gasteiger partial charge in [-0.25, -0.2) is 0 Å². The van der Waals surface area contributed by atoms with Crippen LogP contribution in [0.5, 0.6) is 17.2 Å². The fraction of sp³-hybridized carbons (Fsp3) is 0.0769. The topological polar surface area (TPSA) is 29.5 Å². The lowest BCUT2D eigenvalue weighted by Crippen LogP contribution is -1.86. The third-order valence-electron chi connectivity index (χ3n) is 2.17. The number of para-hydroxylation sites is 1. The maximum atomic E-state index is 9.52. The van der Waals surface area contributed by atoms with Crippen molar-refractivity contribution in [1.82, 2.24) is 0 Å². The number of hydrogen-bond acceptors (Lipinski definition) is 2. The first-order valence-corrected chi connectivity index (χ1v) is 6.02. The molecule has 0 spiro atoms. The molecule has 0 aromatic heterocycles. The van der Waals surface area contributed by atoms with E-state index in [-0.39, 0.29) is 5.75 Å². The fourth-order valence-corrected chi connectivity index (χ4v) is 1.81. The van der Waals surface area contributed by atoms with Gasteiger partial charge in [-0.1, -0.05) is 34.1 Å². The molecule has 0 fully saturated rings. The number of rotatable bonds is 3. The molecule has 2 rings (SSSR count). The molecule has 0 bridgehead atoms. The molecule has 0 aliphatic heterocycles. The van der Waals surface area contributed by atoms with Gasteiger partial charge in [0.25, 0.3) is 0 Å². The van der Waals surface area contributed by atoms with E-state index in [9.17, 15) is 5.11 Å². The average molecular weight is 279 g/mol. The molecule has 0 saturated heterocycles. The average Bonchev–Trinajstić information content (AvgIpc) is 2.33. The van der Waals surface area contributed by atoms with Crippen molar-refractivity contribution in [1.29, 1.82) is 0 Å². The predicted molar refractivity (Wildman–Crippen MR) is 67.3 cm³/mol. The number of halogens is 1. The number of alkyl halides is 1. The van der Waals surface area contributed by atoms with E-state index in [4.69, 9.17) is 4.74 Å². The molecule has 0 unspecified atom stereocenters. The maximum absolute atomic E-state index is 9.52. The first kappa shape index (κ1) is 11.0. The summed E-state index contributed by atoms with van der Waals surface area (Å²) in [6, 6.07) is 14.7. The maximum Gasteiger partial charge on any atom is 0.128 e. The summed E-state index contributed by atoms with van der Waals surface area (Å²) in [5.74, 6) is 1.78. The molecule has 0 aliphatic rings. The predicted octanol–water partition coefficient (Wildman–Crippen LogP) is 4.08. The Morgan fingerprint density at radius 3 is 2.44 bits per heavy atom. The summed E-state index contributed by atoms with van der Waals surface area (Å²) in [4.78, 5) is 0. The van der Waals surface area contributed by atoms with Gasteiger partial charge in [0, 0.05) is 10.9 Å². The lowest BCUT2D eigenvalue weighted by molar-refractivity contribution is 0.460. The van der Waals surface area contributed by atoms with Gasteiger partial charge >= 0.3 is 0 Å². The first-order chi connectivity index (χ1) is 7.79. The van der Waals surface area contributed by atoms with Gasteiger partial charge in [0.05, 0.1) is 0 Å². The molecule has 0 atom stereocenters. The number of hydrogen-bond donors (Lipinski definition) is 1. The van der Waals surface area contributed by atoms with Crippen molar-refractivity contribution >= 4 is 15.9 Å². The number of ether oxygens (including phenoxy) is 1. The second-order valence-corrected chi connectivity index (χ2v) is 3.90. The van der Waals surface area contributed by atoms with E-state index >= 15 is 0 Å². The van der Waals surface area contributed by atoms with Gasteiger partial charge < -0.3 is 9.84 Å². The lowest BCUT2D eigenvalue weighted by atomic mass is 10.2. The SMILES string of the molecule is Oc1ccc(Oc2ccccc2)cc1CBr. The number of phenolic OH excluding ortho intramolecular Hbond substituents is 1. The molecule has 0 heterocycles. The third kappa shape index (κ3) is 2.55. The Labute approximate surface area is 103 Å². The summed E-state index contributed by atoms with van der Waals surface area (Å²) in [6.07, 6.45) is 0. The Balaban J connectivity index is 2.22.